The zero-order chi connectivity index (χ0) is 26.4. The van der Waals surface area contributed by atoms with Crippen molar-refractivity contribution in [1.82, 2.24) is 5.01 Å². The summed E-state index contributed by atoms with van der Waals surface area (Å²) in [6.07, 6.45) is 3.09. The first kappa shape index (κ1) is 25.6. The zero-order valence-electron chi connectivity index (χ0n) is 20.0. The number of non-ortho nitro benzene ring substituents is 1. The molecule has 37 heavy (non-hydrogen) atoms. The Morgan fingerprint density at radius 2 is 1.89 bits per heavy atom. The van der Waals surface area contributed by atoms with Crippen LogP contribution in [0.1, 0.15) is 28.5 Å². The van der Waals surface area contributed by atoms with Gasteiger partial charge < -0.3 is 14.2 Å². The first-order chi connectivity index (χ1) is 17.9. The highest BCUT2D eigenvalue weighted by Gasteiger charge is 2.34. The predicted molar refractivity (Wildman–Crippen MR) is 138 cm³/mol. The van der Waals surface area contributed by atoms with E-state index in [1.165, 1.54) is 53.8 Å². The molecule has 0 fully saturated rings. The minimum Gasteiger partial charge on any atom is -0.493 e. The van der Waals surface area contributed by atoms with Crippen molar-refractivity contribution < 1.29 is 28.7 Å². The first-order valence-corrected chi connectivity index (χ1v) is 12.0. The lowest BCUT2D eigenvalue weighted by atomic mass is 10.0. The van der Waals surface area contributed by atoms with Gasteiger partial charge in [-0.2, -0.15) is 5.10 Å². The number of nitro groups is 1. The van der Waals surface area contributed by atoms with Crippen LogP contribution in [0, 0.1) is 10.1 Å². The van der Waals surface area contributed by atoms with Crippen LogP contribution in [-0.2, 0) is 14.3 Å². The van der Waals surface area contributed by atoms with E-state index in [0.29, 0.717) is 23.5 Å². The van der Waals surface area contributed by atoms with Crippen molar-refractivity contribution >= 4 is 40.7 Å². The summed E-state index contributed by atoms with van der Waals surface area (Å²) < 4.78 is 15.9. The Hall–Kier alpha value is -4.51. The molecule has 0 spiro atoms. The molecule has 11 heteroatoms. The fourth-order valence-corrected chi connectivity index (χ4v) is 4.49. The van der Waals surface area contributed by atoms with E-state index in [9.17, 15) is 19.7 Å². The van der Waals surface area contributed by atoms with Gasteiger partial charge in [-0.3, -0.25) is 14.9 Å². The van der Waals surface area contributed by atoms with Crippen molar-refractivity contribution in [1.29, 1.82) is 0 Å². The van der Waals surface area contributed by atoms with Gasteiger partial charge in [0.05, 0.1) is 35.8 Å². The van der Waals surface area contributed by atoms with Gasteiger partial charge in [-0.15, -0.1) is 11.3 Å². The Kier molecular flexibility index (Phi) is 7.94. The fraction of sp³-hybridized carbons (Fsp3) is 0.192. The van der Waals surface area contributed by atoms with Crippen LogP contribution in [0.4, 0.5) is 5.69 Å². The molecule has 1 aliphatic rings. The maximum absolute atomic E-state index is 13.1. The average Bonchev–Trinajstić information content (AvgIpc) is 3.61. The highest BCUT2D eigenvalue weighted by Crippen LogP contribution is 2.37. The maximum atomic E-state index is 13.1. The molecule has 1 aromatic heterocycles. The van der Waals surface area contributed by atoms with Gasteiger partial charge in [0.2, 0.25) is 0 Å². The van der Waals surface area contributed by atoms with Crippen molar-refractivity contribution in [3.05, 3.63) is 92.2 Å². The minimum absolute atomic E-state index is 0.0533. The first-order valence-electron chi connectivity index (χ1n) is 11.1. The number of amides is 1. The standard InChI is InChI=1S/C26H23N3O7S/c1-34-22-11-8-18(14-23(22)35-2)21-15-20(24-4-3-13-37-24)27-28(21)25(30)16-36-26(31)12-7-17-5-9-19(10-6-17)29(32)33/h3-14,21H,15-16H2,1-2H3. The lowest BCUT2D eigenvalue weighted by Crippen LogP contribution is -2.31. The van der Waals surface area contributed by atoms with Crippen molar-refractivity contribution in [2.24, 2.45) is 5.10 Å². The molecule has 1 aliphatic heterocycles. The molecule has 1 atom stereocenters. The second kappa shape index (κ2) is 11.5. The number of benzene rings is 2. The monoisotopic (exact) mass is 521 g/mol. The van der Waals surface area contributed by atoms with Crippen LogP contribution in [0.15, 0.2) is 71.2 Å². The molecule has 0 bridgehead atoms. The number of thiophene rings is 1. The third-order valence-corrected chi connectivity index (χ3v) is 6.54. The number of esters is 1. The number of ether oxygens (including phenoxy) is 3. The van der Waals surface area contributed by atoms with E-state index in [4.69, 9.17) is 14.2 Å². The molecule has 0 N–H and O–H groups in total. The normalized spacial score (nSPS) is 14.9. The molecule has 10 nitrogen and oxygen atoms in total. The van der Waals surface area contributed by atoms with Gasteiger partial charge in [-0.1, -0.05) is 12.1 Å². The summed E-state index contributed by atoms with van der Waals surface area (Å²) in [7, 11) is 3.09. The lowest BCUT2D eigenvalue weighted by Gasteiger charge is -2.22. The van der Waals surface area contributed by atoms with Gasteiger partial charge in [0.1, 0.15) is 0 Å². The third kappa shape index (κ3) is 6.01. The van der Waals surface area contributed by atoms with E-state index in [1.807, 2.05) is 23.6 Å². The number of hydrazone groups is 1. The Morgan fingerprint density at radius 3 is 2.54 bits per heavy atom. The number of nitro benzene ring substituents is 1. The van der Waals surface area contributed by atoms with E-state index in [-0.39, 0.29) is 5.69 Å². The van der Waals surface area contributed by atoms with E-state index in [0.717, 1.165) is 22.2 Å². The van der Waals surface area contributed by atoms with E-state index >= 15 is 0 Å². The lowest BCUT2D eigenvalue weighted by molar-refractivity contribution is -0.384. The maximum Gasteiger partial charge on any atom is 0.331 e. The van der Waals surface area contributed by atoms with Crippen LogP contribution in [0.25, 0.3) is 6.08 Å². The Balaban J connectivity index is 1.47. The number of nitrogens with zero attached hydrogens (tertiary/aromatic N) is 3. The van der Waals surface area contributed by atoms with Crippen molar-refractivity contribution in [3.63, 3.8) is 0 Å². The zero-order valence-corrected chi connectivity index (χ0v) is 20.8. The SMILES string of the molecule is COc1ccc(C2CC(c3cccs3)=NN2C(=O)COC(=O)C=Cc2ccc([N+](=O)[O-])cc2)cc1OC. The van der Waals surface area contributed by atoms with E-state index < -0.39 is 29.4 Å². The Morgan fingerprint density at radius 1 is 1.14 bits per heavy atom. The number of methoxy groups -OCH3 is 2. The van der Waals surface area contributed by atoms with Gasteiger partial charge in [0.15, 0.2) is 18.1 Å². The molecule has 0 saturated heterocycles. The molecule has 0 saturated carbocycles. The molecule has 3 aromatic rings. The molecule has 0 radical (unpaired) electrons. The summed E-state index contributed by atoms with van der Waals surface area (Å²) >= 11 is 1.52. The highest BCUT2D eigenvalue weighted by molar-refractivity contribution is 7.12. The molecule has 4 rings (SSSR count). The van der Waals surface area contributed by atoms with Crippen LogP contribution in [0.2, 0.25) is 0 Å². The van der Waals surface area contributed by atoms with Gasteiger partial charge in [0.25, 0.3) is 11.6 Å². The van der Waals surface area contributed by atoms with Gasteiger partial charge >= 0.3 is 5.97 Å². The Labute approximate surface area is 216 Å². The van der Waals surface area contributed by atoms with Crippen LogP contribution in [0.5, 0.6) is 11.5 Å². The van der Waals surface area contributed by atoms with Crippen LogP contribution in [-0.4, -0.2) is 48.3 Å². The van der Waals surface area contributed by atoms with Gasteiger partial charge in [-0.05, 0) is 52.9 Å². The predicted octanol–water partition coefficient (Wildman–Crippen LogP) is 4.61. The summed E-state index contributed by atoms with van der Waals surface area (Å²) in [6, 6.07) is 14.5. The van der Waals surface area contributed by atoms with E-state index in [2.05, 4.69) is 5.10 Å². The highest BCUT2D eigenvalue weighted by atomic mass is 32.1. The molecule has 190 valence electrons. The summed E-state index contributed by atoms with van der Waals surface area (Å²) in [4.78, 5) is 36.5. The summed E-state index contributed by atoms with van der Waals surface area (Å²) in [5.41, 5.74) is 2.08. The topological polar surface area (TPSA) is 121 Å². The number of hydrogen-bond donors (Lipinski definition) is 0. The average molecular weight is 522 g/mol. The molecular weight excluding hydrogens is 498 g/mol. The van der Waals surface area contributed by atoms with Crippen LogP contribution in [0.3, 0.4) is 0 Å². The fourth-order valence-electron chi connectivity index (χ4n) is 3.77. The van der Waals surface area contributed by atoms with Crippen molar-refractivity contribution in [3.8, 4) is 11.5 Å². The molecule has 1 amide bonds. The largest absolute Gasteiger partial charge is 0.493 e. The van der Waals surface area contributed by atoms with Crippen LogP contribution < -0.4 is 9.47 Å². The van der Waals surface area contributed by atoms with Crippen molar-refractivity contribution in [2.75, 3.05) is 20.8 Å². The van der Waals surface area contributed by atoms with Gasteiger partial charge in [-0.25, -0.2) is 9.80 Å². The second-order valence-electron chi connectivity index (χ2n) is 7.89. The summed E-state index contributed by atoms with van der Waals surface area (Å²) in [6.45, 7) is -0.506. The number of hydrogen-bond acceptors (Lipinski definition) is 9. The third-order valence-electron chi connectivity index (χ3n) is 5.62. The number of carbonyl (C=O) groups is 2. The van der Waals surface area contributed by atoms with E-state index in [1.54, 1.807) is 19.2 Å². The number of rotatable bonds is 9. The number of carbonyl (C=O) groups excluding carboxylic acids is 2. The van der Waals surface area contributed by atoms with Crippen LogP contribution >= 0.6 is 11.3 Å². The summed E-state index contributed by atoms with van der Waals surface area (Å²) in [5, 5.41) is 18.6. The second-order valence-corrected chi connectivity index (χ2v) is 8.83. The molecule has 0 aliphatic carbocycles. The quantitative estimate of drug-likeness (QED) is 0.175. The molecule has 2 aromatic carbocycles. The Bertz CT molecular complexity index is 1350. The molecule has 2 heterocycles. The minimum atomic E-state index is -0.726. The van der Waals surface area contributed by atoms with Gasteiger partial charge in [0, 0.05) is 24.6 Å². The summed E-state index contributed by atoms with van der Waals surface area (Å²) in [5.74, 6) is -0.116. The van der Waals surface area contributed by atoms with Crippen molar-refractivity contribution in [2.45, 2.75) is 12.5 Å². The molecule has 1 unspecified atom stereocenters. The smallest absolute Gasteiger partial charge is 0.331 e. The molecular formula is C26H23N3O7S.